The van der Waals surface area contributed by atoms with Gasteiger partial charge in [-0.05, 0) is 17.9 Å². The van der Waals surface area contributed by atoms with E-state index >= 15 is 0 Å². The van der Waals surface area contributed by atoms with Crippen molar-refractivity contribution in [2.45, 2.75) is 36.7 Å². The second-order valence-corrected chi connectivity index (χ2v) is 13.8. The lowest BCUT2D eigenvalue weighted by Gasteiger charge is -2.47. The summed E-state index contributed by atoms with van der Waals surface area (Å²) in [6.45, 7) is 9.26. The first kappa shape index (κ1) is 12.7. The predicted molar refractivity (Wildman–Crippen MR) is 70.8 cm³/mol. The van der Waals surface area contributed by atoms with Crippen molar-refractivity contribution in [3.8, 4) is 0 Å². The van der Waals surface area contributed by atoms with Crippen LogP contribution < -0.4 is 0 Å². The van der Waals surface area contributed by atoms with Crippen LogP contribution in [-0.4, -0.2) is 29.6 Å². The fourth-order valence-electron chi connectivity index (χ4n) is 2.02. The van der Waals surface area contributed by atoms with Crippen molar-refractivity contribution in [2.24, 2.45) is 5.92 Å². The molecule has 1 aliphatic heterocycles. The van der Waals surface area contributed by atoms with Crippen LogP contribution in [0.1, 0.15) is 13.3 Å². The van der Waals surface area contributed by atoms with E-state index in [-0.39, 0.29) is 9.62 Å². The summed E-state index contributed by atoms with van der Waals surface area (Å²) < 4.78 is 0.229. The van der Waals surface area contributed by atoms with Crippen LogP contribution in [0, 0.1) is 5.92 Å². The van der Waals surface area contributed by atoms with Gasteiger partial charge in [0.2, 0.25) is 0 Å². The van der Waals surface area contributed by atoms with Crippen molar-refractivity contribution in [1.29, 1.82) is 0 Å². The molecule has 14 heavy (non-hydrogen) atoms. The molecule has 1 nitrogen and oxygen atoms in total. The number of hydrogen-bond acceptors (Lipinski definition) is 3. The Bertz CT molecular complexity index is 207. The quantitative estimate of drug-likeness (QED) is 0.564. The molecule has 0 aromatic rings. The first-order valence-electron chi connectivity index (χ1n) is 5.17. The van der Waals surface area contributed by atoms with Crippen LogP contribution in [0.5, 0.6) is 0 Å². The van der Waals surface area contributed by atoms with Crippen molar-refractivity contribution in [3.63, 3.8) is 0 Å². The number of hydrogen-bond donors (Lipinski definition) is 0. The number of carbonyl (C=O) groups excluding carboxylic acids is 1. The first-order valence-corrected chi connectivity index (χ1v) is 10.6. The molecule has 0 unspecified atom stereocenters. The molecule has 0 N–H and O–H groups in total. The van der Waals surface area contributed by atoms with Crippen molar-refractivity contribution in [2.75, 3.05) is 11.5 Å². The van der Waals surface area contributed by atoms with Crippen LogP contribution in [0.2, 0.25) is 19.6 Å². The Balaban J connectivity index is 2.94. The van der Waals surface area contributed by atoms with E-state index in [1.807, 2.05) is 23.5 Å². The molecular weight excluding hydrogens is 228 g/mol. The molecule has 1 fully saturated rings. The van der Waals surface area contributed by atoms with E-state index in [0.29, 0.717) is 0 Å². The number of thioether (sulfide) groups is 2. The molecule has 0 aromatic carbocycles. The normalized spacial score (nSPS) is 24.3. The van der Waals surface area contributed by atoms with E-state index in [1.165, 1.54) is 17.9 Å². The van der Waals surface area contributed by atoms with Gasteiger partial charge in [-0.1, -0.05) is 26.6 Å². The minimum atomic E-state index is -1.30. The van der Waals surface area contributed by atoms with Gasteiger partial charge in [0.05, 0.1) is 11.8 Å². The van der Waals surface area contributed by atoms with Crippen LogP contribution in [0.15, 0.2) is 0 Å². The van der Waals surface area contributed by atoms with Crippen LogP contribution in [-0.2, 0) is 4.79 Å². The van der Waals surface area contributed by atoms with Crippen LogP contribution in [0.3, 0.4) is 0 Å². The summed E-state index contributed by atoms with van der Waals surface area (Å²) in [6.07, 6.45) is 2.46. The van der Waals surface area contributed by atoms with Gasteiger partial charge in [0.1, 0.15) is 6.29 Å². The van der Waals surface area contributed by atoms with Crippen molar-refractivity contribution < 1.29 is 4.79 Å². The van der Waals surface area contributed by atoms with Gasteiger partial charge in [-0.2, -0.15) is 0 Å². The summed E-state index contributed by atoms with van der Waals surface area (Å²) in [5.41, 5.74) is 0. The SMILES string of the molecule is C[C@H](C=O)C1([Si](C)(C)C)SCCCS1. The molecule has 0 spiro atoms. The third kappa shape index (κ3) is 2.22. The molecule has 0 aromatic heterocycles. The van der Waals surface area contributed by atoms with Crippen molar-refractivity contribution in [3.05, 3.63) is 0 Å². The van der Waals surface area contributed by atoms with Crippen molar-refractivity contribution >= 4 is 37.9 Å². The third-order valence-corrected chi connectivity index (χ3v) is 13.2. The van der Waals surface area contributed by atoms with Gasteiger partial charge in [0, 0.05) is 5.92 Å². The van der Waals surface area contributed by atoms with E-state index in [9.17, 15) is 4.79 Å². The maximum Gasteiger partial charge on any atom is 0.124 e. The average molecular weight is 248 g/mol. The van der Waals surface area contributed by atoms with E-state index in [1.54, 1.807) is 0 Å². The molecule has 1 atom stereocenters. The Hall–Kier alpha value is 0.587. The minimum Gasteiger partial charge on any atom is -0.303 e. The lowest BCUT2D eigenvalue weighted by Crippen LogP contribution is -2.53. The Morgan fingerprint density at radius 3 is 2.14 bits per heavy atom. The zero-order chi connectivity index (χ0) is 10.8. The van der Waals surface area contributed by atoms with Crippen LogP contribution >= 0.6 is 23.5 Å². The maximum absolute atomic E-state index is 11.1. The van der Waals surface area contributed by atoms with Gasteiger partial charge < -0.3 is 4.79 Å². The van der Waals surface area contributed by atoms with Gasteiger partial charge in [-0.3, -0.25) is 0 Å². The molecule has 0 saturated carbocycles. The molecule has 4 heteroatoms. The zero-order valence-electron chi connectivity index (χ0n) is 9.50. The molecule has 82 valence electrons. The van der Waals surface area contributed by atoms with Gasteiger partial charge in [-0.25, -0.2) is 0 Å². The van der Waals surface area contributed by atoms with Gasteiger partial charge in [0.25, 0.3) is 0 Å². The second kappa shape index (κ2) is 4.62. The molecule has 0 bridgehead atoms. The Morgan fingerprint density at radius 2 is 1.79 bits per heavy atom. The number of rotatable bonds is 3. The Morgan fingerprint density at radius 1 is 1.29 bits per heavy atom. The number of aldehydes is 1. The molecule has 0 aliphatic carbocycles. The molecule has 1 aliphatic rings. The highest BCUT2D eigenvalue weighted by Gasteiger charge is 2.49. The summed E-state index contributed by atoms with van der Waals surface area (Å²) >= 11 is 4.09. The third-order valence-electron chi connectivity index (χ3n) is 2.77. The monoisotopic (exact) mass is 248 g/mol. The summed E-state index contributed by atoms with van der Waals surface area (Å²) in [5, 5.41) is 0. The molecule has 0 radical (unpaired) electrons. The summed E-state index contributed by atoms with van der Waals surface area (Å²) in [5.74, 6) is 2.66. The van der Waals surface area contributed by atoms with Gasteiger partial charge in [-0.15, -0.1) is 23.5 Å². The molecular formula is C10H20OS2Si. The average Bonchev–Trinajstić information content (AvgIpc) is 2.16. The molecule has 0 amide bonds. The fourth-order valence-corrected chi connectivity index (χ4v) is 10.4. The summed E-state index contributed by atoms with van der Waals surface area (Å²) in [4.78, 5) is 11.1. The highest BCUT2D eigenvalue weighted by molar-refractivity contribution is 8.21. The van der Waals surface area contributed by atoms with Gasteiger partial charge >= 0.3 is 0 Å². The topological polar surface area (TPSA) is 17.1 Å². The molecule has 1 heterocycles. The lowest BCUT2D eigenvalue weighted by atomic mass is 10.2. The number of carbonyl (C=O) groups is 1. The summed E-state index contributed by atoms with van der Waals surface area (Å²) in [7, 11) is -1.30. The fraction of sp³-hybridized carbons (Fsp3) is 0.900. The predicted octanol–water partition coefficient (Wildman–Crippen LogP) is 3.27. The zero-order valence-corrected chi connectivity index (χ0v) is 12.1. The Kier molecular flexibility index (Phi) is 4.18. The van der Waals surface area contributed by atoms with E-state index in [2.05, 4.69) is 26.6 Å². The van der Waals surface area contributed by atoms with Crippen LogP contribution in [0.4, 0.5) is 0 Å². The van der Waals surface area contributed by atoms with Gasteiger partial charge in [0.15, 0.2) is 0 Å². The molecule has 1 rings (SSSR count). The van der Waals surface area contributed by atoms with E-state index in [4.69, 9.17) is 0 Å². The van der Waals surface area contributed by atoms with E-state index in [0.717, 1.165) is 6.29 Å². The summed E-state index contributed by atoms with van der Waals surface area (Å²) in [6, 6.07) is 0. The maximum atomic E-state index is 11.1. The largest absolute Gasteiger partial charge is 0.303 e. The minimum absolute atomic E-state index is 0.199. The van der Waals surface area contributed by atoms with Crippen molar-refractivity contribution in [1.82, 2.24) is 0 Å². The second-order valence-electron chi connectivity index (χ2n) is 4.89. The standard InChI is InChI=1S/C10H20OS2Si/c1-9(8-11)10(14(2,3)4)12-6-5-7-13-10/h8-9H,5-7H2,1-4H3/t9-/m1/s1. The first-order chi connectivity index (χ1) is 6.44. The van der Waals surface area contributed by atoms with Crippen LogP contribution in [0.25, 0.3) is 0 Å². The highest BCUT2D eigenvalue weighted by atomic mass is 32.2. The van der Waals surface area contributed by atoms with E-state index < -0.39 is 8.07 Å². The highest BCUT2D eigenvalue weighted by Crippen LogP contribution is 2.52. The molecule has 1 saturated heterocycles. The smallest absolute Gasteiger partial charge is 0.124 e. The lowest BCUT2D eigenvalue weighted by molar-refractivity contribution is -0.110. The Labute approximate surface area is 96.8 Å².